The minimum Gasteiger partial charge on any atom is -0.462 e. The summed E-state index contributed by atoms with van der Waals surface area (Å²) >= 11 is 0. The molecule has 3 atom stereocenters. The molecule has 0 saturated carbocycles. The van der Waals surface area contributed by atoms with Gasteiger partial charge in [0.1, 0.15) is 6.10 Å². The van der Waals surface area contributed by atoms with Gasteiger partial charge in [0.2, 0.25) is 0 Å². The molecule has 0 fully saturated rings. The van der Waals surface area contributed by atoms with E-state index in [1.807, 2.05) is 12.1 Å². The van der Waals surface area contributed by atoms with E-state index in [4.69, 9.17) is 9.47 Å². The molecule has 1 aliphatic carbocycles. The van der Waals surface area contributed by atoms with Crippen molar-refractivity contribution in [1.82, 2.24) is 0 Å². The third kappa shape index (κ3) is 6.14. The molecule has 0 N–H and O–H groups in total. The summed E-state index contributed by atoms with van der Waals surface area (Å²) < 4.78 is 11.3. The van der Waals surface area contributed by atoms with E-state index in [9.17, 15) is 14.4 Å². The Labute approximate surface area is 183 Å². The Morgan fingerprint density at radius 2 is 1.48 bits per heavy atom. The number of hydrogen-bond acceptors (Lipinski definition) is 5. The standard InChI is InChI=1S/C26H28O5/c1-2-3-6-15-21-22(18-30-25(28)19-11-7-4-8-12-19)24(17-16-23(21)27)31-26(29)20-13-9-5-10-14-20/h4-5,7-14,16-17,21-22,24H,2-3,6,15,18H2,1H3/t21-,22-,24-/m1/s1. The van der Waals surface area contributed by atoms with E-state index in [2.05, 4.69) is 6.92 Å². The number of hydrogen-bond donors (Lipinski definition) is 0. The van der Waals surface area contributed by atoms with Gasteiger partial charge in [-0.25, -0.2) is 9.59 Å². The fourth-order valence-electron chi connectivity index (χ4n) is 3.80. The maximum atomic E-state index is 12.6. The number of carbonyl (C=O) groups is 3. The van der Waals surface area contributed by atoms with Gasteiger partial charge in [0, 0.05) is 11.8 Å². The van der Waals surface area contributed by atoms with Gasteiger partial charge in [-0.05, 0) is 42.8 Å². The van der Waals surface area contributed by atoms with Gasteiger partial charge in [-0.1, -0.05) is 62.6 Å². The van der Waals surface area contributed by atoms with Gasteiger partial charge >= 0.3 is 11.9 Å². The lowest BCUT2D eigenvalue weighted by Gasteiger charge is -2.33. The molecule has 0 aromatic heterocycles. The van der Waals surface area contributed by atoms with Crippen LogP contribution in [-0.4, -0.2) is 30.4 Å². The number of unbranched alkanes of at least 4 members (excludes halogenated alkanes) is 2. The zero-order valence-electron chi connectivity index (χ0n) is 17.7. The van der Waals surface area contributed by atoms with Crippen molar-refractivity contribution in [2.75, 3.05) is 6.61 Å². The minimum absolute atomic E-state index is 0.00728. The van der Waals surface area contributed by atoms with Crippen LogP contribution in [-0.2, 0) is 14.3 Å². The van der Waals surface area contributed by atoms with Crippen LogP contribution in [0.4, 0.5) is 0 Å². The van der Waals surface area contributed by atoms with Crippen molar-refractivity contribution in [3.63, 3.8) is 0 Å². The maximum Gasteiger partial charge on any atom is 0.338 e. The Morgan fingerprint density at radius 1 is 0.871 bits per heavy atom. The monoisotopic (exact) mass is 420 g/mol. The normalized spacial score (nSPS) is 20.3. The molecule has 5 nitrogen and oxygen atoms in total. The van der Waals surface area contributed by atoms with E-state index in [-0.39, 0.29) is 18.3 Å². The molecule has 0 unspecified atom stereocenters. The Morgan fingerprint density at radius 3 is 2.10 bits per heavy atom. The first-order chi connectivity index (χ1) is 15.1. The predicted molar refractivity (Wildman–Crippen MR) is 118 cm³/mol. The summed E-state index contributed by atoms with van der Waals surface area (Å²) in [7, 11) is 0. The van der Waals surface area contributed by atoms with E-state index in [0.717, 1.165) is 19.3 Å². The highest BCUT2D eigenvalue weighted by Gasteiger charge is 2.38. The van der Waals surface area contributed by atoms with Crippen LogP contribution in [0.25, 0.3) is 0 Å². The Balaban J connectivity index is 1.75. The van der Waals surface area contributed by atoms with Gasteiger partial charge in [0.15, 0.2) is 5.78 Å². The van der Waals surface area contributed by atoms with E-state index in [0.29, 0.717) is 17.5 Å². The SMILES string of the molecule is CCCCC[C@H]1C(=O)C=C[C@@H](OC(=O)c2ccccc2)[C@@H]1COC(=O)c1ccccc1. The molecule has 2 aromatic carbocycles. The third-order valence-electron chi connectivity index (χ3n) is 5.54. The van der Waals surface area contributed by atoms with E-state index in [1.54, 1.807) is 54.6 Å². The molecule has 162 valence electrons. The number of rotatable bonds is 9. The summed E-state index contributed by atoms with van der Waals surface area (Å²) in [5.74, 6) is -1.70. The number of ketones is 1. The first-order valence-electron chi connectivity index (χ1n) is 10.8. The molecule has 0 radical (unpaired) electrons. The highest BCUT2D eigenvalue weighted by molar-refractivity contribution is 5.94. The Kier molecular flexibility index (Phi) is 8.16. The van der Waals surface area contributed by atoms with E-state index < -0.39 is 24.0 Å². The van der Waals surface area contributed by atoms with Crippen molar-refractivity contribution in [2.45, 2.75) is 38.7 Å². The second kappa shape index (κ2) is 11.3. The largest absolute Gasteiger partial charge is 0.462 e. The zero-order valence-corrected chi connectivity index (χ0v) is 17.7. The topological polar surface area (TPSA) is 69.7 Å². The quantitative estimate of drug-likeness (QED) is 0.421. The van der Waals surface area contributed by atoms with Gasteiger partial charge in [-0.3, -0.25) is 4.79 Å². The molecule has 0 heterocycles. The lowest BCUT2D eigenvalue weighted by atomic mass is 9.77. The van der Waals surface area contributed by atoms with Crippen LogP contribution >= 0.6 is 0 Å². The molecule has 3 rings (SSSR count). The molecule has 0 spiro atoms. The molecule has 2 aromatic rings. The van der Waals surface area contributed by atoms with Crippen LogP contribution < -0.4 is 0 Å². The minimum atomic E-state index is -0.638. The van der Waals surface area contributed by atoms with E-state index in [1.165, 1.54) is 6.08 Å². The smallest absolute Gasteiger partial charge is 0.338 e. The summed E-state index contributed by atoms with van der Waals surface area (Å²) in [5.41, 5.74) is 0.885. The molecular weight excluding hydrogens is 392 g/mol. The molecule has 31 heavy (non-hydrogen) atoms. The number of ether oxygens (including phenoxy) is 2. The second-order valence-corrected chi connectivity index (χ2v) is 7.73. The molecule has 0 aliphatic heterocycles. The average molecular weight is 421 g/mol. The van der Waals surface area contributed by atoms with Gasteiger partial charge in [0.05, 0.1) is 17.7 Å². The van der Waals surface area contributed by atoms with Crippen molar-refractivity contribution < 1.29 is 23.9 Å². The summed E-state index contributed by atoms with van der Waals surface area (Å²) in [6.45, 7) is 2.11. The van der Waals surface area contributed by atoms with Crippen molar-refractivity contribution in [1.29, 1.82) is 0 Å². The molecule has 0 saturated heterocycles. The molecule has 0 bridgehead atoms. The van der Waals surface area contributed by atoms with Crippen molar-refractivity contribution >= 4 is 17.7 Å². The fraction of sp³-hybridized carbons (Fsp3) is 0.346. The fourth-order valence-corrected chi connectivity index (χ4v) is 3.80. The summed E-state index contributed by atoms with van der Waals surface area (Å²) in [4.78, 5) is 37.7. The van der Waals surface area contributed by atoms with Crippen molar-refractivity contribution in [3.05, 3.63) is 83.9 Å². The first kappa shape index (κ1) is 22.5. The summed E-state index contributed by atoms with van der Waals surface area (Å²) in [5, 5.41) is 0. The van der Waals surface area contributed by atoms with Crippen LogP contribution in [0, 0.1) is 11.8 Å². The molecular formula is C26H28O5. The lowest BCUT2D eigenvalue weighted by Crippen LogP contribution is -2.41. The molecule has 5 heteroatoms. The Bertz CT molecular complexity index is 904. The number of allylic oxidation sites excluding steroid dienone is 1. The average Bonchev–Trinajstić information content (AvgIpc) is 2.81. The van der Waals surface area contributed by atoms with Gasteiger partial charge in [-0.2, -0.15) is 0 Å². The van der Waals surface area contributed by atoms with Gasteiger partial charge in [0.25, 0.3) is 0 Å². The third-order valence-corrected chi connectivity index (χ3v) is 5.54. The molecule has 1 aliphatic rings. The van der Waals surface area contributed by atoms with Gasteiger partial charge in [-0.15, -0.1) is 0 Å². The maximum absolute atomic E-state index is 12.6. The van der Waals surface area contributed by atoms with Crippen LogP contribution in [0.5, 0.6) is 0 Å². The number of benzene rings is 2. The highest BCUT2D eigenvalue weighted by atomic mass is 16.6. The van der Waals surface area contributed by atoms with Gasteiger partial charge < -0.3 is 9.47 Å². The van der Waals surface area contributed by atoms with Crippen LogP contribution in [0.2, 0.25) is 0 Å². The molecule has 0 amide bonds. The van der Waals surface area contributed by atoms with Crippen molar-refractivity contribution in [2.24, 2.45) is 11.8 Å². The second-order valence-electron chi connectivity index (χ2n) is 7.73. The summed E-state index contributed by atoms with van der Waals surface area (Å²) in [6, 6.07) is 17.4. The van der Waals surface area contributed by atoms with Crippen LogP contribution in [0.3, 0.4) is 0 Å². The zero-order chi connectivity index (χ0) is 22.1. The number of carbonyl (C=O) groups excluding carboxylic acids is 3. The summed E-state index contributed by atoms with van der Waals surface area (Å²) in [6.07, 6.45) is 6.08. The highest BCUT2D eigenvalue weighted by Crippen LogP contribution is 2.31. The Hall–Kier alpha value is -3.21. The first-order valence-corrected chi connectivity index (χ1v) is 10.8. The van der Waals surface area contributed by atoms with E-state index >= 15 is 0 Å². The van der Waals surface area contributed by atoms with Crippen LogP contribution in [0.15, 0.2) is 72.8 Å². The predicted octanol–water partition coefficient (Wildman–Crippen LogP) is 5.02. The number of esters is 2. The lowest BCUT2D eigenvalue weighted by molar-refractivity contribution is -0.123. The van der Waals surface area contributed by atoms with Crippen LogP contribution in [0.1, 0.15) is 53.3 Å². The van der Waals surface area contributed by atoms with Crippen molar-refractivity contribution in [3.8, 4) is 0 Å².